The van der Waals surface area contributed by atoms with Crippen LogP contribution in [0.25, 0.3) is 6.08 Å². The topological polar surface area (TPSA) is 133 Å². The van der Waals surface area contributed by atoms with E-state index in [1.807, 2.05) is 0 Å². The highest BCUT2D eigenvalue weighted by molar-refractivity contribution is 8.27. The van der Waals surface area contributed by atoms with Gasteiger partial charge in [-0.1, -0.05) is 24.0 Å². The Morgan fingerprint density at radius 2 is 1.34 bits per heavy atom. The Hall–Kier alpha value is -2.96. The zero-order valence-corrected chi connectivity index (χ0v) is 21.8. The van der Waals surface area contributed by atoms with Crippen LogP contribution in [0.4, 0.5) is 5.69 Å². The van der Waals surface area contributed by atoms with Crippen LogP contribution in [0.2, 0.25) is 0 Å². The number of amides is 1. The number of anilines is 1. The molecule has 1 aliphatic rings. The molecule has 188 valence electrons. The van der Waals surface area contributed by atoms with Crippen molar-refractivity contribution in [2.45, 2.75) is 0 Å². The maximum atomic E-state index is 13.3. The molecule has 0 atom stereocenters. The summed E-state index contributed by atoms with van der Waals surface area (Å²) in [5, 5.41) is 0. The van der Waals surface area contributed by atoms with Crippen molar-refractivity contribution in [1.82, 2.24) is 0 Å². The first-order valence-electron chi connectivity index (χ1n) is 9.66. The van der Waals surface area contributed by atoms with E-state index >= 15 is 0 Å². The van der Waals surface area contributed by atoms with Gasteiger partial charge in [0.05, 0.1) is 46.1 Å². The number of thioether (sulfide) groups is 1. The van der Waals surface area contributed by atoms with Crippen LogP contribution in [0.15, 0.2) is 29.2 Å². The molecule has 1 aliphatic heterocycles. The van der Waals surface area contributed by atoms with Crippen molar-refractivity contribution in [3.05, 3.63) is 34.7 Å². The number of hydrogen-bond acceptors (Lipinski definition) is 10. The number of thiocarbonyl (C=S) groups is 1. The number of phosphoric acid groups is 1. The number of hydrogen-bond donors (Lipinski definition) is 2. The fourth-order valence-electron chi connectivity index (χ4n) is 3.23. The van der Waals surface area contributed by atoms with Crippen molar-refractivity contribution >= 4 is 53.8 Å². The number of phosphoric ester groups is 1. The summed E-state index contributed by atoms with van der Waals surface area (Å²) in [6.07, 6.45) is 1.55. The van der Waals surface area contributed by atoms with Crippen LogP contribution in [-0.2, 0) is 9.36 Å². The Labute approximate surface area is 210 Å². The third-order valence-electron chi connectivity index (χ3n) is 4.69. The zero-order valence-electron chi connectivity index (χ0n) is 19.3. The molecule has 11 nitrogen and oxygen atoms in total. The SMILES string of the molecule is COc1cc(N2C(=O)C(=Cc3cc(OC)c(OP(=O)(O)O)c(OC)c3)SC2=S)cc(OC)c1OC. The molecule has 2 aromatic carbocycles. The first-order chi connectivity index (χ1) is 16.6. The summed E-state index contributed by atoms with van der Waals surface area (Å²) in [6.45, 7) is 0. The first kappa shape index (κ1) is 26.6. The predicted octanol–water partition coefficient (Wildman–Crippen LogP) is 3.61. The summed E-state index contributed by atoms with van der Waals surface area (Å²) in [5.41, 5.74) is 0.869. The molecule has 1 amide bonds. The van der Waals surface area contributed by atoms with Gasteiger partial charge in [0, 0.05) is 12.1 Å². The molecule has 0 radical (unpaired) electrons. The third kappa shape index (κ3) is 5.65. The van der Waals surface area contributed by atoms with E-state index in [9.17, 15) is 19.1 Å². The molecule has 14 heteroatoms. The second-order valence-electron chi connectivity index (χ2n) is 6.74. The van der Waals surface area contributed by atoms with Gasteiger partial charge in [-0.05, 0) is 23.8 Å². The summed E-state index contributed by atoms with van der Waals surface area (Å²) >= 11 is 6.52. The third-order valence-corrected chi connectivity index (χ3v) is 6.41. The van der Waals surface area contributed by atoms with Gasteiger partial charge in [0.25, 0.3) is 5.91 Å². The molecular formula is C21H22NO10PS2. The molecule has 0 spiro atoms. The normalized spacial score (nSPS) is 14.8. The van der Waals surface area contributed by atoms with Crippen LogP contribution in [-0.4, -0.2) is 55.6 Å². The van der Waals surface area contributed by atoms with Gasteiger partial charge >= 0.3 is 7.82 Å². The summed E-state index contributed by atoms with van der Waals surface area (Å²) in [6, 6.07) is 6.10. The maximum Gasteiger partial charge on any atom is 0.525 e. The minimum absolute atomic E-state index is 0.000897. The molecule has 35 heavy (non-hydrogen) atoms. The summed E-state index contributed by atoms with van der Waals surface area (Å²) in [4.78, 5) is 33.3. The van der Waals surface area contributed by atoms with Crippen molar-refractivity contribution in [1.29, 1.82) is 0 Å². The van der Waals surface area contributed by atoms with Crippen molar-refractivity contribution in [3.63, 3.8) is 0 Å². The number of carbonyl (C=O) groups excluding carboxylic acids is 1. The van der Waals surface area contributed by atoms with E-state index in [1.165, 1.54) is 52.6 Å². The van der Waals surface area contributed by atoms with E-state index in [0.717, 1.165) is 11.8 Å². The molecule has 0 aliphatic carbocycles. The minimum atomic E-state index is -4.88. The Bertz CT molecular complexity index is 1190. The van der Waals surface area contributed by atoms with E-state index < -0.39 is 13.7 Å². The molecule has 0 unspecified atom stereocenters. The van der Waals surface area contributed by atoms with Gasteiger partial charge < -0.3 is 28.2 Å². The fraction of sp³-hybridized carbons (Fsp3) is 0.238. The zero-order chi connectivity index (χ0) is 25.9. The lowest BCUT2D eigenvalue weighted by Crippen LogP contribution is -2.27. The summed E-state index contributed by atoms with van der Waals surface area (Å²) < 4.78 is 42.8. The number of carbonyl (C=O) groups is 1. The van der Waals surface area contributed by atoms with Crippen LogP contribution in [0.3, 0.4) is 0 Å². The molecule has 2 N–H and O–H groups in total. The van der Waals surface area contributed by atoms with Gasteiger partial charge in [-0.2, -0.15) is 0 Å². The quantitative estimate of drug-likeness (QED) is 0.272. The fourth-order valence-corrected chi connectivity index (χ4v) is 4.95. The average Bonchev–Trinajstić information content (AvgIpc) is 3.10. The lowest BCUT2D eigenvalue weighted by molar-refractivity contribution is -0.113. The molecule has 2 aromatic rings. The Morgan fingerprint density at radius 3 is 1.77 bits per heavy atom. The number of rotatable bonds is 9. The average molecular weight is 544 g/mol. The van der Waals surface area contributed by atoms with Gasteiger partial charge in [-0.3, -0.25) is 19.5 Å². The van der Waals surface area contributed by atoms with Gasteiger partial charge in [0.15, 0.2) is 27.3 Å². The maximum absolute atomic E-state index is 13.3. The molecule has 0 aromatic heterocycles. The number of methoxy groups -OCH3 is 5. The predicted molar refractivity (Wildman–Crippen MR) is 134 cm³/mol. The molecule has 0 bridgehead atoms. The lowest BCUT2D eigenvalue weighted by Gasteiger charge is -2.19. The van der Waals surface area contributed by atoms with E-state index in [-0.39, 0.29) is 26.5 Å². The standard InChI is InChI=1S/C21H22NO10PS2/c1-27-13-6-11(7-14(28-2)19(13)32-33(24,25)26)8-17-20(23)22(21(34)35-17)12-9-15(29-3)18(31-5)16(10-12)30-4/h6-10H,1-5H3,(H2,24,25,26). The Balaban J connectivity index is 2.03. The van der Waals surface area contributed by atoms with Crippen LogP contribution in [0, 0.1) is 0 Å². The molecule has 3 rings (SSSR count). The highest BCUT2D eigenvalue weighted by Crippen LogP contribution is 2.49. The smallest absolute Gasteiger partial charge is 0.493 e. The molecule has 1 saturated heterocycles. The summed E-state index contributed by atoms with van der Waals surface area (Å²) in [5.74, 6) is 0.410. The van der Waals surface area contributed by atoms with Crippen molar-refractivity contribution in [3.8, 4) is 34.5 Å². The van der Waals surface area contributed by atoms with Gasteiger partial charge in [-0.25, -0.2) is 4.57 Å². The Kier molecular flexibility index (Phi) is 8.18. The largest absolute Gasteiger partial charge is 0.525 e. The van der Waals surface area contributed by atoms with Crippen molar-refractivity contribution in [2.75, 3.05) is 40.4 Å². The van der Waals surface area contributed by atoms with Gasteiger partial charge in [0.1, 0.15) is 0 Å². The number of benzene rings is 2. The van der Waals surface area contributed by atoms with E-state index in [1.54, 1.807) is 18.2 Å². The van der Waals surface area contributed by atoms with Crippen molar-refractivity contribution in [2.24, 2.45) is 0 Å². The monoisotopic (exact) mass is 543 g/mol. The first-order valence-corrected chi connectivity index (χ1v) is 12.4. The molecular weight excluding hydrogens is 521 g/mol. The van der Waals surface area contributed by atoms with Crippen LogP contribution < -0.4 is 33.1 Å². The van der Waals surface area contributed by atoms with E-state index in [4.69, 9.17) is 40.4 Å². The molecule has 1 heterocycles. The van der Waals surface area contributed by atoms with Gasteiger partial charge in [-0.15, -0.1) is 0 Å². The summed E-state index contributed by atoms with van der Waals surface area (Å²) in [7, 11) is 2.12. The highest BCUT2D eigenvalue weighted by atomic mass is 32.2. The lowest BCUT2D eigenvalue weighted by atomic mass is 10.1. The highest BCUT2D eigenvalue weighted by Gasteiger charge is 2.35. The second kappa shape index (κ2) is 10.8. The number of ether oxygens (including phenoxy) is 5. The molecule has 0 saturated carbocycles. The van der Waals surface area contributed by atoms with Gasteiger partial charge in [0.2, 0.25) is 11.5 Å². The number of nitrogens with zero attached hydrogens (tertiary/aromatic N) is 1. The van der Waals surface area contributed by atoms with E-state index in [2.05, 4.69) is 0 Å². The van der Waals surface area contributed by atoms with Crippen LogP contribution in [0.5, 0.6) is 34.5 Å². The van der Waals surface area contributed by atoms with Crippen LogP contribution >= 0.6 is 31.8 Å². The molecule has 1 fully saturated rings. The Morgan fingerprint density at radius 1 is 0.857 bits per heavy atom. The van der Waals surface area contributed by atoms with Crippen molar-refractivity contribution < 1.29 is 47.4 Å². The second-order valence-corrected chi connectivity index (χ2v) is 9.58. The minimum Gasteiger partial charge on any atom is -0.493 e. The van der Waals surface area contributed by atoms with E-state index in [0.29, 0.717) is 28.5 Å². The van der Waals surface area contributed by atoms with Crippen LogP contribution in [0.1, 0.15) is 5.56 Å².